The van der Waals surface area contributed by atoms with Gasteiger partial charge in [0.1, 0.15) is 55.4 Å². The minimum Gasteiger partial charge on any atom is -0.463 e. The highest BCUT2D eigenvalue weighted by Crippen LogP contribution is 2.28. The van der Waals surface area contributed by atoms with Gasteiger partial charge in [-0.3, -0.25) is 4.79 Å². The summed E-state index contributed by atoms with van der Waals surface area (Å²) in [6.45, 7) is 0.994. The lowest BCUT2D eigenvalue weighted by Crippen LogP contribution is -2.63. The van der Waals surface area contributed by atoms with Gasteiger partial charge in [0, 0.05) is 6.42 Å². The molecule has 2 aliphatic rings. The van der Waals surface area contributed by atoms with E-state index in [1.54, 1.807) is 0 Å². The van der Waals surface area contributed by atoms with Gasteiger partial charge in [0.05, 0.1) is 6.61 Å². The van der Waals surface area contributed by atoms with E-state index in [-0.39, 0.29) is 6.42 Å². The Bertz CT molecular complexity index is 561. The van der Waals surface area contributed by atoms with Gasteiger partial charge in [-0.25, -0.2) is 0 Å². The average Bonchev–Trinajstić information content (AvgIpc) is 2.78. The summed E-state index contributed by atoms with van der Waals surface area (Å²) in [4.78, 5) is 11.9. The molecular formula is C20H36O12. The van der Waals surface area contributed by atoms with Crippen molar-refractivity contribution in [3.05, 3.63) is 0 Å². The Morgan fingerprint density at radius 3 is 1.84 bits per heavy atom. The highest BCUT2D eigenvalue weighted by Gasteiger charge is 2.49. The molecule has 188 valence electrons. The van der Waals surface area contributed by atoms with Gasteiger partial charge in [-0.1, -0.05) is 32.6 Å². The summed E-state index contributed by atoms with van der Waals surface area (Å²) in [7, 11) is 0. The second-order valence-corrected chi connectivity index (χ2v) is 8.20. The van der Waals surface area contributed by atoms with E-state index < -0.39 is 80.6 Å². The van der Waals surface area contributed by atoms with Gasteiger partial charge in [0.2, 0.25) is 0 Å². The summed E-state index contributed by atoms with van der Waals surface area (Å²) in [5.74, 6) is -0.496. The molecule has 0 bridgehead atoms. The van der Waals surface area contributed by atoms with E-state index in [0.29, 0.717) is 6.42 Å². The fourth-order valence-electron chi connectivity index (χ4n) is 3.60. The normalized spacial score (nSPS) is 40.2. The largest absolute Gasteiger partial charge is 0.463 e. The predicted molar refractivity (Wildman–Crippen MR) is 106 cm³/mol. The predicted octanol–water partition coefficient (Wildman–Crippen LogP) is -2.49. The Kier molecular flexibility index (Phi) is 11.2. The molecular weight excluding hydrogens is 432 g/mol. The molecule has 2 fully saturated rings. The Morgan fingerprint density at radius 1 is 0.750 bits per heavy atom. The average molecular weight is 468 g/mol. The van der Waals surface area contributed by atoms with Gasteiger partial charge >= 0.3 is 5.97 Å². The highest BCUT2D eigenvalue weighted by atomic mass is 16.8. The number of ether oxygens (including phenoxy) is 4. The lowest BCUT2D eigenvalue weighted by molar-refractivity contribution is -0.376. The van der Waals surface area contributed by atoms with Crippen LogP contribution in [0.25, 0.3) is 0 Å². The van der Waals surface area contributed by atoms with E-state index >= 15 is 0 Å². The number of hydrogen-bond donors (Lipinski definition) is 7. The molecule has 2 rings (SSSR count). The Morgan fingerprint density at radius 2 is 1.28 bits per heavy atom. The van der Waals surface area contributed by atoms with E-state index in [9.17, 15) is 40.5 Å². The van der Waals surface area contributed by atoms with Crippen LogP contribution in [-0.4, -0.2) is 116 Å². The van der Waals surface area contributed by atoms with Crippen LogP contribution in [0.3, 0.4) is 0 Å². The van der Waals surface area contributed by atoms with Crippen LogP contribution in [0.1, 0.15) is 45.4 Å². The molecule has 2 aliphatic heterocycles. The smallest absolute Gasteiger partial charge is 0.305 e. The van der Waals surface area contributed by atoms with Crippen LogP contribution in [0.4, 0.5) is 0 Å². The number of carbonyl (C=O) groups excluding carboxylic acids is 1. The maximum atomic E-state index is 11.9. The summed E-state index contributed by atoms with van der Waals surface area (Å²) in [6, 6.07) is 0. The van der Waals surface area contributed by atoms with Crippen LogP contribution in [0.2, 0.25) is 0 Å². The molecule has 12 nitrogen and oxygen atoms in total. The zero-order chi connectivity index (χ0) is 23.8. The zero-order valence-electron chi connectivity index (χ0n) is 18.1. The van der Waals surface area contributed by atoms with E-state index in [2.05, 4.69) is 6.92 Å². The molecule has 0 aromatic heterocycles. The second kappa shape index (κ2) is 13.1. The molecule has 0 spiro atoms. The molecule has 0 aromatic rings. The standard InChI is InChI=1S/C20H36O12/c1-2-3-4-5-6-7-12(22)29-9-11-14(24)16(26)18(28)20(31-11)32-19-17(27)15(25)13(23)10(8-21)30-19/h10-11,13-21,23-28H,2-9H2,1H3/t10-,11+,13-,14-,15-,16-,17+,18+,19-,20-/m1/s1. The number of esters is 1. The lowest BCUT2D eigenvalue weighted by Gasteiger charge is -2.44. The molecule has 7 N–H and O–H groups in total. The number of unbranched alkanes of at least 4 members (excludes halogenated alkanes) is 4. The van der Waals surface area contributed by atoms with Crippen molar-refractivity contribution < 1.29 is 59.5 Å². The molecule has 0 amide bonds. The molecule has 0 unspecified atom stereocenters. The summed E-state index contributed by atoms with van der Waals surface area (Å²) < 4.78 is 21.0. The molecule has 2 saturated heterocycles. The van der Waals surface area contributed by atoms with E-state index in [0.717, 1.165) is 25.7 Å². The summed E-state index contributed by atoms with van der Waals surface area (Å²) in [5.41, 5.74) is 0. The SMILES string of the molecule is CCCCCCCC(=O)OC[C@@H]1O[C@H](O[C@H]2O[C@H](CO)[C@@H](O)[C@@H](O)[C@@H]2O)[C@@H](O)[C@H](O)[C@@H]1O. The van der Waals surface area contributed by atoms with E-state index in [4.69, 9.17) is 18.9 Å². The van der Waals surface area contributed by atoms with Crippen molar-refractivity contribution >= 4 is 5.97 Å². The molecule has 2 heterocycles. The first-order valence-corrected chi connectivity index (χ1v) is 11.0. The Balaban J connectivity index is 1.90. The summed E-state index contributed by atoms with van der Waals surface area (Å²) in [5, 5.41) is 69.5. The van der Waals surface area contributed by atoms with Crippen LogP contribution >= 0.6 is 0 Å². The molecule has 0 aromatic carbocycles. The highest BCUT2D eigenvalue weighted by molar-refractivity contribution is 5.69. The van der Waals surface area contributed by atoms with Crippen molar-refractivity contribution in [1.29, 1.82) is 0 Å². The van der Waals surface area contributed by atoms with Crippen molar-refractivity contribution in [2.75, 3.05) is 13.2 Å². The Labute approximate surface area is 186 Å². The fourth-order valence-corrected chi connectivity index (χ4v) is 3.60. The minimum absolute atomic E-state index is 0.197. The molecule has 0 radical (unpaired) electrons. The minimum atomic E-state index is -1.76. The van der Waals surface area contributed by atoms with Crippen LogP contribution in [0, 0.1) is 0 Å². The van der Waals surface area contributed by atoms with Crippen molar-refractivity contribution in [1.82, 2.24) is 0 Å². The van der Waals surface area contributed by atoms with E-state index in [1.165, 1.54) is 0 Å². The quantitative estimate of drug-likeness (QED) is 0.125. The van der Waals surface area contributed by atoms with Crippen molar-refractivity contribution in [3.8, 4) is 0 Å². The van der Waals surface area contributed by atoms with Gasteiger partial charge in [-0.05, 0) is 6.42 Å². The molecule has 12 heteroatoms. The van der Waals surface area contributed by atoms with Gasteiger partial charge < -0.3 is 54.7 Å². The second-order valence-electron chi connectivity index (χ2n) is 8.20. The third-order valence-electron chi connectivity index (χ3n) is 5.68. The fraction of sp³-hybridized carbons (Fsp3) is 0.950. The maximum absolute atomic E-state index is 11.9. The number of carbonyl (C=O) groups is 1. The summed E-state index contributed by atoms with van der Waals surface area (Å²) >= 11 is 0. The van der Waals surface area contributed by atoms with Crippen LogP contribution in [-0.2, 0) is 23.7 Å². The first kappa shape index (κ1) is 27.3. The topological polar surface area (TPSA) is 196 Å². The van der Waals surface area contributed by atoms with Gasteiger partial charge in [-0.15, -0.1) is 0 Å². The van der Waals surface area contributed by atoms with Crippen molar-refractivity contribution in [3.63, 3.8) is 0 Å². The number of aliphatic hydroxyl groups excluding tert-OH is 7. The van der Waals surface area contributed by atoms with Crippen LogP contribution in [0.15, 0.2) is 0 Å². The van der Waals surface area contributed by atoms with Gasteiger partial charge in [0.25, 0.3) is 0 Å². The third-order valence-corrected chi connectivity index (χ3v) is 5.68. The molecule has 0 aliphatic carbocycles. The third kappa shape index (κ3) is 7.03. The Hall–Kier alpha value is -0.930. The monoisotopic (exact) mass is 468 g/mol. The first-order valence-electron chi connectivity index (χ1n) is 11.0. The van der Waals surface area contributed by atoms with Crippen LogP contribution in [0.5, 0.6) is 0 Å². The van der Waals surface area contributed by atoms with Crippen LogP contribution < -0.4 is 0 Å². The number of hydrogen-bond acceptors (Lipinski definition) is 12. The summed E-state index contributed by atoms with van der Waals surface area (Å²) in [6.07, 6.45) is -10.9. The van der Waals surface area contributed by atoms with Gasteiger partial charge in [-0.2, -0.15) is 0 Å². The van der Waals surface area contributed by atoms with Gasteiger partial charge in [0.15, 0.2) is 12.6 Å². The molecule has 0 saturated carbocycles. The molecule has 10 atom stereocenters. The maximum Gasteiger partial charge on any atom is 0.305 e. The van der Waals surface area contributed by atoms with E-state index in [1.807, 2.05) is 0 Å². The number of rotatable bonds is 11. The van der Waals surface area contributed by atoms with Crippen molar-refractivity contribution in [2.45, 2.75) is 107 Å². The number of aliphatic hydroxyl groups is 7. The molecule has 32 heavy (non-hydrogen) atoms. The van der Waals surface area contributed by atoms with Crippen molar-refractivity contribution in [2.24, 2.45) is 0 Å². The first-order chi connectivity index (χ1) is 15.2. The zero-order valence-corrected chi connectivity index (χ0v) is 18.1. The lowest BCUT2D eigenvalue weighted by atomic mass is 9.98.